The molecule has 0 fully saturated rings. The van der Waals surface area contributed by atoms with Crippen molar-refractivity contribution in [3.05, 3.63) is 65.6 Å². The summed E-state index contributed by atoms with van der Waals surface area (Å²) in [5.41, 5.74) is 8.99. The van der Waals surface area contributed by atoms with Gasteiger partial charge in [0.15, 0.2) is 0 Å². The van der Waals surface area contributed by atoms with Gasteiger partial charge in [-0.05, 0) is 30.7 Å². The van der Waals surface area contributed by atoms with Gasteiger partial charge in [0, 0.05) is 28.4 Å². The molecular formula is C16H15FN2. The van der Waals surface area contributed by atoms with Crippen LogP contribution in [0.25, 0.3) is 10.9 Å². The molecule has 2 N–H and O–H groups in total. The van der Waals surface area contributed by atoms with Gasteiger partial charge in [-0.2, -0.15) is 0 Å². The van der Waals surface area contributed by atoms with Crippen LogP contribution in [0.3, 0.4) is 0 Å². The lowest BCUT2D eigenvalue weighted by molar-refractivity contribution is 0.602. The van der Waals surface area contributed by atoms with E-state index in [1.165, 1.54) is 17.0 Å². The molecule has 0 amide bonds. The summed E-state index contributed by atoms with van der Waals surface area (Å²) in [6.07, 6.45) is 2.06. The number of fused-ring (bicyclic) bond motifs is 1. The van der Waals surface area contributed by atoms with Crippen molar-refractivity contribution in [3.8, 4) is 0 Å². The Kier molecular flexibility index (Phi) is 2.75. The van der Waals surface area contributed by atoms with Crippen LogP contribution in [-0.2, 0) is 6.54 Å². The number of hydrogen-bond donors (Lipinski definition) is 1. The highest BCUT2D eigenvalue weighted by Crippen LogP contribution is 2.22. The van der Waals surface area contributed by atoms with Gasteiger partial charge in [-0.15, -0.1) is 0 Å². The molecule has 0 unspecified atom stereocenters. The predicted octanol–water partition coefficient (Wildman–Crippen LogP) is 3.72. The van der Waals surface area contributed by atoms with Crippen molar-refractivity contribution in [1.82, 2.24) is 4.57 Å². The number of anilines is 1. The molecule has 1 aromatic heterocycles. The number of hydrogen-bond acceptors (Lipinski definition) is 1. The van der Waals surface area contributed by atoms with Crippen molar-refractivity contribution in [2.75, 3.05) is 5.73 Å². The molecular weight excluding hydrogens is 239 g/mol. The van der Waals surface area contributed by atoms with Crippen LogP contribution in [0.4, 0.5) is 10.1 Å². The van der Waals surface area contributed by atoms with E-state index in [1.807, 2.05) is 12.1 Å². The lowest BCUT2D eigenvalue weighted by Gasteiger charge is -2.07. The highest BCUT2D eigenvalue weighted by atomic mass is 19.1. The second kappa shape index (κ2) is 4.43. The average molecular weight is 254 g/mol. The van der Waals surface area contributed by atoms with E-state index in [9.17, 15) is 4.39 Å². The Morgan fingerprint density at radius 3 is 2.74 bits per heavy atom. The molecule has 3 aromatic rings. The van der Waals surface area contributed by atoms with Crippen molar-refractivity contribution in [2.24, 2.45) is 0 Å². The number of rotatable bonds is 2. The SMILES string of the molecule is Cc1cn(Cc2ccc(N)cc2F)c2ccccc12. The molecule has 1 heterocycles. The van der Waals surface area contributed by atoms with Gasteiger partial charge in [-0.25, -0.2) is 4.39 Å². The number of aryl methyl sites for hydroxylation is 1. The zero-order chi connectivity index (χ0) is 13.4. The largest absolute Gasteiger partial charge is 0.399 e. The number of aromatic nitrogens is 1. The van der Waals surface area contributed by atoms with Gasteiger partial charge in [0.25, 0.3) is 0 Å². The first-order valence-corrected chi connectivity index (χ1v) is 6.23. The number of halogens is 1. The maximum absolute atomic E-state index is 13.8. The van der Waals surface area contributed by atoms with Crippen molar-refractivity contribution < 1.29 is 4.39 Å². The average Bonchev–Trinajstić information content (AvgIpc) is 2.71. The van der Waals surface area contributed by atoms with Crippen LogP contribution in [-0.4, -0.2) is 4.57 Å². The van der Waals surface area contributed by atoms with E-state index in [0.29, 0.717) is 17.8 Å². The van der Waals surface area contributed by atoms with Crippen LogP contribution >= 0.6 is 0 Å². The Morgan fingerprint density at radius 1 is 1.16 bits per heavy atom. The summed E-state index contributed by atoms with van der Waals surface area (Å²) in [5.74, 6) is -0.254. The fourth-order valence-corrected chi connectivity index (χ4v) is 2.44. The maximum atomic E-state index is 13.8. The minimum Gasteiger partial charge on any atom is -0.399 e. The molecule has 0 aliphatic carbocycles. The lowest BCUT2D eigenvalue weighted by atomic mass is 10.2. The van der Waals surface area contributed by atoms with Gasteiger partial charge >= 0.3 is 0 Å². The molecule has 19 heavy (non-hydrogen) atoms. The number of nitrogens with two attached hydrogens (primary N) is 1. The quantitative estimate of drug-likeness (QED) is 0.694. The molecule has 3 rings (SSSR count). The van der Waals surface area contributed by atoms with Crippen LogP contribution in [0.1, 0.15) is 11.1 Å². The predicted molar refractivity (Wildman–Crippen MR) is 76.6 cm³/mol. The normalized spacial score (nSPS) is 11.1. The third-order valence-corrected chi connectivity index (χ3v) is 3.41. The molecule has 0 aliphatic heterocycles. The Hall–Kier alpha value is -2.29. The Morgan fingerprint density at radius 2 is 1.95 bits per heavy atom. The van der Waals surface area contributed by atoms with Crippen LogP contribution < -0.4 is 5.73 Å². The Bertz CT molecular complexity index is 744. The molecule has 0 radical (unpaired) electrons. The third-order valence-electron chi connectivity index (χ3n) is 3.41. The number of nitrogens with zero attached hydrogens (tertiary/aromatic N) is 1. The van der Waals surface area contributed by atoms with E-state index < -0.39 is 0 Å². The molecule has 0 spiro atoms. The van der Waals surface area contributed by atoms with Gasteiger partial charge in [0.1, 0.15) is 5.82 Å². The molecule has 0 atom stereocenters. The fraction of sp³-hybridized carbons (Fsp3) is 0.125. The molecule has 0 saturated heterocycles. The lowest BCUT2D eigenvalue weighted by Crippen LogP contribution is -2.01. The van der Waals surface area contributed by atoms with Crippen LogP contribution in [0.5, 0.6) is 0 Å². The fourth-order valence-electron chi connectivity index (χ4n) is 2.44. The highest BCUT2D eigenvalue weighted by molar-refractivity contribution is 5.83. The van der Waals surface area contributed by atoms with E-state index in [2.05, 4.69) is 29.8 Å². The van der Waals surface area contributed by atoms with Gasteiger partial charge in [0.05, 0.1) is 6.54 Å². The van der Waals surface area contributed by atoms with Crippen LogP contribution in [0.2, 0.25) is 0 Å². The molecule has 0 bridgehead atoms. The van der Waals surface area contributed by atoms with E-state index in [4.69, 9.17) is 5.73 Å². The monoisotopic (exact) mass is 254 g/mol. The zero-order valence-corrected chi connectivity index (χ0v) is 10.7. The van der Waals surface area contributed by atoms with Crippen LogP contribution in [0.15, 0.2) is 48.7 Å². The van der Waals surface area contributed by atoms with Crippen molar-refractivity contribution in [2.45, 2.75) is 13.5 Å². The molecule has 96 valence electrons. The summed E-state index contributed by atoms with van der Waals surface area (Å²) >= 11 is 0. The molecule has 0 saturated carbocycles. The van der Waals surface area contributed by atoms with E-state index in [0.717, 1.165) is 5.52 Å². The molecule has 3 heteroatoms. The van der Waals surface area contributed by atoms with Gasteiger partial charge in [0.2, 0.25) is 0 Å². The van der Waals surface area contributed by atoms with Crippen molar-refractivity contribution in [3.63, 3.8) is 0 Å². The summed E-state index contributed by atoms with van der Waals surface area (Å²) in [4.78, 5) is 0. The summed E-state index contributed by atoms with van der Waals surface area (Å²) in [7, 11) is 0. The van der Waals surface area contributed by atoms with Crippen LogP contribution in [0, 0.1) is 12.7 Å². The number of benzene rings is 2. The third kappa shape index (κ3) is 2.08. The minimum absolute atomic E-state index is 0.254. The minimum atomic E-state index is -0.254. The Balaban J connectivity index is 2.06. The first-order valence-electron chi connectivity index (χ1n) is 6.23. The van der Waals surface area contributed by atoms with E-state index >= 15 is 0 Å². The van der Waals surface area contributed by atoms with Crippen molar-refractivity contribution in [1.29, 1.82) is 0 Å². The second-order valence-electron chi connectivity index (χ2n) is 4.81. The number of para-hydroxylation sites is 1. The molecule has 2 aromatic carbocycles. The Labute approximate surface area is 111 Å². The van der Waals surface area contributed by atoms with Gasteiger partial charge in [-0.1, -0.05) is 24.3 Å². The molecule has 0 aliphatic rings. The van der Waals surface area contributed by atoms with Gasteiger partial charge < -0.3 is 10.3 Å². The van der Waals surface area contributed by atoms with E-state index in [-0.39, 0.29) is 5.82 Å². The summed E-state index contributed by atoms with van der Waals surface area (Å²) in [6, 6.07) is 13.0. The zero-order valence-electron chi connectivity index (χ0n) is 10.7. The smallest absolute Gasteiger partial charge is 0.130 e. The highest BCUT2D eigenvalue weighted by Gasteiger charge is 2.08. The summed E-state index contributed by atoms with van der Waals surface area (Å²) in [6.45, 7) is 2.58. The van der Waals surface area contributed by atoms with E-state index in [1.54, 1.807) is 12.1 Å². The number of nitrogen functional groups attached to an aromatic ring is 1. The first-order chi connectivity index (χ1) is 9.15. The molecule has 2 nitrogen and oxygen atoms in total. The standard InChI is InChI=1S/C16H15FN2/c1-11-9-19(16-5-3-2-4-14(11)16)10-12-6-7-13(18)8-15(12)17/h2-9H,10,18H2,1H3. The topological polar surface area (TPSA) is 30.9 Å². The summed E-state index contributed by atoms with van der Waals surface area (Å²) < 4.78 is 15.9. The maximum Gasteiger partial charge on any atom is 0.130 e. The summed E-state index contributed by atoms with van der Waals surface area (Å²) in [5, 5.41) is 1.21. The van der Waals surface area contributed by atoms with Crippen molar-refractivity contribution >= 4 is 16.6 Å². The first kappa shape index (κ1) is 11.8. The second-order valence-corrected chi connectivity index (χ2v) is 4.81. The van der Waals surface area contributed by atoms with Gasteiger partial charge in [-0.3, -0.25) is 0 Å².